The van der Waals surface area contributed by atoms with Gasteiger partial charge in [0.25, 0.3) is 0 Å². The Bertz CT molecular complexity index is 804. The summed E-state index contributed by atoms with van der Waals surface area (Å²) < 4.78 is 29.2. The molecule has 2 nitrogen and oxygen atoms in total. The quantitative estimate of drug-likeness (QED) is 0.527. The Morgan fingerprint density at radius 1 is 1.05 bits per heavy atom. The summed E-state index contributed by atoms with van der Waals surface area (Å²) >= 11 is 7.68. The van der Waals surface area contributed by atoms with Crippen LogP contribution >= 0.6 is 43.2 Å². The minimum Gasteiger partial charge on any atom is -0.329 e. The van der Waals surface area contributed by atoms with Crippen molar-refractivity contribution in [1.29, 1.82) is 0 Å². The standard InChI is InChI=1S/C13H6Br2F2N2S/c14-6-1-2-12-11(3-6)19-13(20-12)18-10-5-8(16)7(15)4-9(10)17/h1-5H,(H,18,19). The van der Waals surface area contributed by atoms with E-state index in [-0.39, 0.29) is 10.2 Å². The number of aromatic nitrogens is 1. The van der Waals surface area contributed by atoms with Crippen LogP contribution in [0, 0.1) is 11.6 Å². The molecule has 0 saturated heterocycles. The van der Waals surface area contributed by atoms with Crippen LogP contribution in [0.15, 0.2) is 39.3 Å². The molecule has 2 aromatic carbocycles. The van der Waals surface area contributed by atoms with Gasteiger partial charge in [-0.3, -0.25) is 0 Å². The fourth-order valence-corrected chi connectivity index (χ4v) is 3.21. The van der Waals surface area contributed by atoms with Crippen LogP contribution in [0.5, 0.6) is 0 Å². The number of nitrogens with one attached hydrogen (secondary N) is 1. The number of hydrogen-bond donors (Lipinski definition) is 1. The van der Waals surface area contributed by atoms with Crippen molar-refractivity contribution in [3.05, 3.63) is 50.9 Å². The van der Waals surface area contributed by atoms with E-state index < -0.39 is 11.6 Å². The molecular weight excluding hydrogens is 414 g/mol. The van der Waals surface area contributed by atoms with Crippen molar-refractivity contribution in [3.63, 3.8) is 0 Å². The van der Waals surface area contributed by atoms with Crippen LogP contribution in [0.1, 0.15) is 0 Å². The van der Waals surface area contributed by atoms with Gasteiger partial charge in [0.15, 0.2) is 5.13 Å². The van der Waals surface area contributed by atoms with Gasteiger partial charge in [-0.05, 0) is 40.2 Å². The SMILES string of the molecule is Fc1cc(Nc2nc3cc(Br)ccc3s2)c(F)cc1Br. The van der Waals surface area contributed by atoms with Crippen LogP contribution < -0.4 is 5.32 Å². The van der Waals surface area contributed by atoms with E-state index in [4.69, 9.17) is 0 Å². The predicted octanol–water partition coefficient (Wildman–Crippen LogP) is 5.84. The maximum absolute atomic E-state index is 13.7. The van der Waals surface area contributed by atoms with E-state index in [0.717, 1.165) is 26.8 Å². The van der Waals surface area contributed by atoms with E-state index in [1.165, 1.54) is 11.3 Å². The molecule has 102 valence electrons. The first-order chi connectivity index (χ1) is 9.52. The lowest BCUT2D eigenvalue weighted by molar-refractivity contribution is 0.598. The number of thiazole rings is 1. The van der Waals surface area contributed by atoms with Gasteiger partial charge in [0.05, 0.1) is 20.4 Å². The zero-order chi connectivity index (χ0) is 14.3. The minimum atomic E-state index is -0.543. The topological polar surface area (TPSA) is 24.9 Å². The Morgan fingerprint density at radius 3 is 2.65 bits per heavy atom. The first kappa shape index (κ1) is 13.9. The molecule has 3 aromatic rings. The Kier molecular flexibility index (Phi) is 3.74. The molecule has 0 saturated carbocycles. The van der Waals surface area contributed by atoms with Crippen molar-refractivity contribution in [3.8, 4) is 0 Å². The number of rotatable bonds is 2. The highest BCUT2D eigenvalue weighted by Crippen LogP contribution is 2.32. The Morgan fingerprint density at radius 2 is 1.85 bits per heavy atom. The lowest BCUT2D eigenvalue weighted by Gasteiger charge is -2.05. The Hall–Kier alpha value is -1.05. The average Bonchev–Trinajstić information content (AvgIpc) is 2.77. The summed E-state index contributed by atoms with van der Waals surface area (Å²) in [6.45, 7) is 0. The average molecular weight is 420 g/mol. The third kappa shape index (κ3) is 2.70. The highest BCUT2D eigenvalue weighted by atomic mass is 79.9. The van der Waals surface area contributed by atoms with Gasteiger partial charge in [-0.2, -0.15) is 0 Å². The molecule has 0 bridgehead atoms. The van der Waals surface area contributed by atoms with Crippen molar-refractivity contribution in [2.45, 2.75) is 0 Å². The van der Waals surface area contributed by atoms with Gasteiger partial charge in [0.1, 0.15) is 11.6 Å². The molecule has 1 N–H and O–H groups in total. The molecule has 7 heteroatoms. The van der Waals surface area contributed by atoms with Crippen LogP contribution in [-0.2, 0) is 0 Å². The fraction of sp³-hybridized carbons (Fsp3) is 0. The van der Waals surface area contributed by atoms with E-state index in [0.29, 0.717) is 5.13 Å². The molecule has 3 rings (SSSR count). The molecular formula is C13H6Br2F2N2S. The van der Waals surface area contributed by atoms with Crippen molar-refractivity contribution in [2.24, 2.45) is 0 Å². The summed E-state index contributed by atoms with van der Waals surface area (Å²) in [5, 5.41) is 3.32. The lowest BCUT2D eigenvalue weighted by Crippen LogP contribution is -1.94. The molecule has 0 spiro atoms. The molecule has 0 amide bonds. The highest BCUT2D eigenvalue weighted by molar-refractivity contribution is 9.10. The van der Waals surface area contributed by atoms with Crippen molar-refractivity contribution < 1.29 is 8.78 Å². The molecule has 0 unspecified atom stereocenters. The third-order valence-electron chi connectivity index (χ3n) is 2.60. The zero-order valence-corrected chi connectivity index (χ0v) is 13.7. The molecule has 1 aromatic heterocycles. The Balaban J connectivity index is 1.99. The van der Waals surface area contributed by atoms with E-state index in [1.54, 1.807) is 0 Å². The van der Waals surface area contributed by atoms with E-state index in [1.807, 2.05) is 18.2 Å². The molecule has 0 aliphatic carbocycles. The third-order valence-corrected chi connectivity index (χ3v) is 4.65. The van der Waals surface area contributed by atoms with Gasteiger partial charge in [0, 0.05) is 10.5 Å². The fourth-order valence-electron chi connectivity index (χ4n) is 1.69. The first-order valence-electron chi connectivity index (χ1n) is 5.50. The smallest absolute Gasteiger partial charge is 0.188 e. The number of halogens is 4. The number of anilines is 2. The Labute approximate surface area is 134 Å². The van der Waals surface area contributed by atoms with E-state index >= 15 is 0 Å². The van der Waals surface area contributed by atoms with Crippen molar-refractivity contribution >= 4 is 64.2 Å². The zero-order valence-electron chi connectivity index (χ0n) is 9.75. The maximum Gasteiger partial charge on any atom is 0.188 e. The van der Waals surface area contributed by atoms with Gasteiger partial charge in [-0.25, -0.2) is 13.8 Å². The van der Waals surface area contributed by atoms with Crippen LogP contribution in [0.4, 0.5) is 19.6 Å². The normalized spacial score (nSPS) is 11.0. The highest BCUT2D eigenvalue weighted by Gasteiger charge is 2.11. The molecule has 0 fully saturated rings. The predicted molar refractivity (Wildman–Crippen MR) is 84.7 cm³/mol. The number of hydrogen-bond acceptors (Lipinski definition) is 3. The van der Waals surface area contributed by atoms with Crippen molar-refractivity contribution in [2.75, 3.05) is 5.32 Å². The molecule has 0 aliphatic heterocycles. The second-order valence-electron chi connectivity index (χ2n) is 4.00. The first-order valence-corrected chi connectivity index (χ1v) is 7.91. The lowest BCUT2D eigenvalue weighted by atomic mass is 10.3. The van der Waals surface area contributed by atoms with Crippen LogP contribution in [0.2, 0.25) is 0 Å². The molecule has 1 heterocycles. The van der Waals surface area contributed by atoms with Crippen molar-refractivity contribution in [1.82, 2.24) is 4.98 Å². The largest absolute Gasteiger partial charge is 0.329 e. The summed E-state index contributed by atoms with van der Waals surface area (Å²) in [7, 11) is 0. The van der Waals surface area contributed by atoms with E-state index in [2.05, 4.69) is 42.2 Å². The molecule has 20 heavy (non-hydrogen) atoms. The number of fused-ring (bicyclic) bond motifs is 1. The second kappa shape index (κ2) is 5.38. The van der Waals surface area contributed by atoms with Gasteiger partial charge in [-0.15, -0.1) is 0 Å². The summed E-state index contributed by atoms with van der Waals surface area (Å²) in [6.07, 6.45) is 0. The van der Waals surface area contributed by atoms with Gasteiger partial charge in [-0.1, -0.05) is 27.3 Å². The summed E-state index contributed by atoms with van der Waals surface area (Å²) in [6, 6.07) is 7.88. The van der Waals surface area contributed by atoms with Gasteiger partial charge < -0.3 is 5.32 Å². The van der Waals surface area contributed by atoms with E-state index in [9.17, 15) is 8.78 Å². The second-order valence-corrected chi connectivity index (χ2v) is 6.80. The van der Waals surface area contributed by atoms with Crippen LogP contribution in [-0.4, -0.2) is 4.98 Å². The minimum absolute atomic E-state index is 0.0591. The molecule has 0 aliphatic rings. The molecule has 0 radical (unpaired) electrons. The summed E-state index contributed by atoms with van der Waals surface area (Å²) in [4.78, 5) is 4.34. The van der Waals surface area contributed by atoms with Crippen LogP contribution in [0.3, 0.4) is 0 Å². The monoisotopic (exact) mass is 418 g/mol. The number of nitrogens with zero attached hydrogens (tertiary/aromatic N) is 1. The van der Waals surface area contributed by atoms with Gasteiger partial charge >= 0.3 is 0 Å². The number of benzene rings is 2. The maximum atomic E-state index is 13.7. The summed E-state index contributed by atoms with van der Waals surface area (Å²) in [5.74, 6) is -1.07. The summed E-state index contributed by atoms with van der Waals surface area (Å²) in [5.41, 5.74) is 0.855. The van der Waals surface area contributed by atoms with Crippen LogP contribution in [0.25, 0.3) is 10.2 Å². The molecule has 0 atom stereocenters. The van der Waals surface area contributed by atoms with Gasteiger partial charge in [0.2, 0.25) is 0 Å².